The minimum Gasteiger partial charge on any atom is -0.401 e. The summed E-state index contributed by atoms with van der Waals surface area (Å²) in [5, 5.41) is 8.62. The first-order valence-electron chi connectivity index (χ1n) is 3.53. The van der Waals surface area contributed by atoms with E-state index in [0.29, 0.717) is 16.1 Å². The van der Waals surface area contributed by atoms with Gasteiger partial charge >= 0.3 is 0 Å². The quantitative estimate of drug-likeness (QED) is 0.398. The molecule has 2 nitrogen and oxygen atoms in total. The summed E-state index contributed by atoms with van der Waals surface area (Å²) in [5.41, 5.74) is 6.44. The molecule has 0 amide bonds. The third-order valence-electron chi connectivity index (χ3n) is 1.26. The predicted molar refractivity (Wildman–Crippen MR) is 50.0 cm³/mol. The van der Waals surface area contributed by atoms with Gasteiger partial charge in [-0.15, -0.1) is 0 Å². The van der Waals surface area contributed by atoms with Gasteiger partial charge in [-0.2, -0.15) is 5.26 Å². The molecule has 0 aliphatic carbocycles. The van der Waals surface area contributed by atoms with Crippen molar-refractivity contribution in [2.24, 2.45) is 5.73 Å². The number of rotatable bonds is 3. The summed E-state index contributed by atoms with van der Waals surface area (Å²) >= 11 is 4.99. The predicted octanol–water partition coefficient (Wildman–Crippen LogP) is 1.91. The third kappa shape index (κ3) is 3.15. The van der Waals surface area contributed by atoms with Gasteiger partial charge in [0.1, 0.15) is 6.07 Å². The average molecular weight is 168 g/mol. The van der Waals surface area contributed by atoms with Crippen LogP contribution in [0.3, 0.4) is 0 Å². The maximum absolute atomic E-state index is 8.62. The van der Waals surface area contributed by atoms with Crippen LogP contribution in [0.4, 0.5) is 0 Å². The van der Waals surface area contributed by atoms with Gasteiger partial charge in [-0.05, 0) is 13.3 Å². The minimum absolute atomic E-state index is 0.474. The first-order valence-corrected chi connectivity index (χ1v) is 3.94. The van der Waals surface area contributed by atoms with Crippen LogP contribution in [0.15, 0.2) is 11.3 Å². The fourth-order valence-electron chi connectivity index (χ4n) is 0.723. The Labute approximate surface area is 72.7 Å². The van der Waals surface area contributed by atoms with Crippen molar-refractivity contribution in [2.45, 2.75) is 26.7 Å². The molecule has 0 aromatic carbocycles. The summed E-state index contributed by atoms with van der Waals surface area (Å²) in [6.07, 6.45) is 1.73. The Bertz CT molecular complexity index is 219. The van der Waals surface area contributed by atoms with Crippen molar-refractivity contribution < 1.29 is 0 Å². The maximum atomic E-state index is 8.62. The van der Waals surface area contributed by atoms with Crippen LogP contribution in [0.2, 0.25) is 0 Å². The summed E-state index contributed by atoms with van der Waals surface area (Å²) in [6.45, 7) is 3.72. The molecule has 0 aromatic rings. The lowest BCUT2D eigenvalue weighted by Crippen LogP contribution is -2.05. The zero-order chi connectivity index (χ0) is 8.85. The molecule has 0 saturated heterocycles. The Morgan fingerprint density at radius 1 is 1.64 bits per heavy atom. The van der Waals surface area contributed by atoms with E-state index in [-0.39, 0.29) is 0 Å². The van der Waals surface area contributed by atoms with Gasteiger partial charge in [0.15, 0.2) is 0 Å². The highest BCUT2D eigenvalue weighted by atomic mass is 32.1. The first-order chi connectivity index (χ1) is 5.13. The molecule has 0 unspecified atom stereocenters. The standard InChI is InChI=1S/C8H12N2S/c1-3-4-8(11)7(5-9)6(2)10/h3-4,10H2,1-2H3/b7-6-. The molecule has 0 radical (unpaired) electrons. The number of thiocarbonyl (C=S) groups is 1. The highest BCUT2D eigenvalue weighted by Crippen LogP contribution is 2.06. The smallest absolute Gasteiger partial charge is 0.102 e. The molecule has 0 rings (SSSR count). The van der Waals surface area contributed by atoms with Crippen molar-refractivity contribution in [3.8, 4) is 6.07 Å². The van der Waals surface area contributed by atoms with Gasteiger partial charge < -0.3 is 5.73 Å². The molecule has 0 spiro atoms. The van der Waals surface area contributed by atoms with E-state index in [2.05, 4.69) is 0 Å². The van der Waals surface area contributed by atoms with Gasteiger partial charge in [-0.1, -0.05) is 25.6 Å². The molecule has 0 bridgehead atoms. The van der Waals surface area contributed by atoms with Crippen LogP contribution in [0, 0.1) is 11.3 Å². The van der Waals surface area contributed by atoms with E-state index in [1.54, 1.807) is 6.92 Å². The lowest BCUT2D eigenvalue weighted by molar-refractivity contribution is 1.00. The zero-order valence-electron chi connectivity index (χ0n) is 6.85. The fraction of sp³-hybridized carbons (Fsp3) is 0.500. The van der Waals surface area contributed by atoms with E-state index < -0.39 is 0 Å². The van der Waals surface area contributed by atoms with Crippen molar-refractivity contribution in [1.29, 1.82) is 5.26 Å². The second-order valence-corrected chi connectivity index (χ2v) is 2.84. The third-order valence-corrected chi connectivity index (χ3v) is 1.67. The van der Waals surface area contributed by atoms with Crippen molar-refractivity contribution in [2.75, 3.05) is 0 Å². The Balaban J connectivity index is 4.45. The fourth-order valence-corrected chi connectivity index (χ4v) is 1.13. The molecule has 60 valence electrons. The molecule has 0 saturated carbocycles. The number of nitrogens with two attached hydrogens (primary N) is 1. The van der Waals surface area contributed by atoms with Crippen LogP contribution in [0.1, 0.15) is 26.7 Å². The topological polar surface area (TPSA) is 49.8 Å². The summed E-state index contributed by atoms with van der Waals surface area (Å²) in [5.74, 6) is 0. The molecule has 0 fully saturated rings. The number of nitriles is 1. The minimum atomic E-state index is 0.474. The van der Waals surface area contributed by atoms with E-state index in [1.807, 2.05) is 13.0 Å². The average Bonchev–Trinajstić information content (AvgIpc) is 1.88. The van der Waals surface area contributed by atoms with Crippen molar-refractivity contribution in [1.82, 2.24) is 0 Å². The summed E-state index contributed by atoms with van der Waals surface area (Å²) in [4.78, 5) is 0.676. The largest absolute Gasteiger partial charge is 0.401 e. The summed E-state index contributed by atoms with van der Waals surface area (Å²) in [6, 6.07) is 2.00. The van der Waals surface area contributed by atoms with Crippen LogP contribution in [0.5, 0.6) is 0 Å². The maximum Gasteiger partial charge on any atom is 0.102 e. The van der Waals surface area contributed by atoms with Crippen molar-refractivity contribution in [3.63, 3.8) is 0 Å². The van der Waals surface area contributed by atoms with Gasteiger partial charge in [0, 0.05) is 10.6 Å². The molecule has 0 aliphatic heterocycles. The molecule has 11 heavy (non-hydrogen) atoms. The SMILES string of the molecule is CCCC(=S)/C(C#N)=C(/C)N. The second kappa shape index (κ2) is 4.86. The summed E-state index contributed by atoms with van der Waals surface area (Å²) in [7, 11) is 0. The van der Waals surface area contributed by atoms with Gasteiger partial charge in [0.2, 0.25) is 0 Å². The summed E-state index contributed by atoms with van der Waals surface area (Å²) < 4.78 is 0. The molecule has 0 atom stereocenters. The van der Waals surface area contributed by atoms with E-state index in [4.69, 9.17) is 23.2 Å². The highest BCUT2D eigenvalue weighted by molar-refractivity contribution is 7.80. The second-order valence-electron chi connectivity index (χ2n) is 2.34. The Hall–Kier alpha value is -0.880. The molecular weight excluding hydrogens is 156 g/mol. The molecular formula is C8H12N2S. The van der Waals surface area contributed by atoms with Crippen LogP contribution in [0.25, 0.3) is 0 Å². The number of hydrogen-bond donors (Lipinski definition) is 1. The van der Waals surface area contributed by atoms with E-state index in [1.165, 1.54) is 0 Å². The molecule has 0 aromatic heterocycles. The van der Waals surface area contributed by atoms with Crippen molar-refractivity contribution in [3.05, 3.63) is 11.3 Å². The molecule has 0 heterocycles. The molecule has 0 aliphatic rings. The number of allylic oxidation sites excluding steroid dienone is 2. The number of hydrogen-bond acceptors (Lipinski definition) is 3. The van der Waals surface area contributed by atoms with Gasteiger partial charge in [0.05, 0.1) is 5.57 Å². The van der Waals surface area contributed by atoms with Crippen LogP contribution in [-0.4, -0.2) is 4.86 Å². The van der Waals surface area contributed by atoms with Gasteiger partial charge in [-0.3, -0.25) is 0 Å². The first kappa shape index (κ1) is 10.1. The Kier molecular flexibility index (Phi) is 4.47. The number of nitrogens with zero attached hydrogens (tertiary/aromatic N) is 1. The lowest BCUT2D eigenvalue weighted by atomic mass is 10.1. The van der Waals surface area contributed by atoms with Crippen LogP contribution < -0.4 is 5.73 Å². The molecule has 3 heteroatoms. The zero-order valence-corrected chi connectivity index (χ0v) is 7.66. The van der Waals surface area contributed by atoms with Gasteiger partial charge in [-0.25, -0.2) is 0 Å². The van der Waals surface area contributed by atoms with Gasteiger partial charge in [0.25, 0.3) is 0 Å². The van der Waals surface area contributed by atoms with Crippen molar-refractivity contribution >= 4 is 17.1 Å². The highest BCUT2D eigenvalue weighted by Gasteiger charge is 2.04. The Morgan fingerprint density at radius 3 is 2.45 bits per heavy atom. The van der Waals surface area contributed by atoms with E-state index in [9.17, 15) is 0 Å². The molecule has 2 N–H and O–H groups in total. The van der Waals surface area contributed by atoms with Crippen LogP contribution in [-0.2, 0) is 0 Å². The van der Waals surface area contributed by atoms with E-state index >= 15 is 0 Å². The normalized spacial score (nSPS) is 11.7. The van der Waals surface area contributed by atoms with Crippen LogP contribution >= 0.6 is 12.2 Å². The lowest BCUT2D eigenvalue weighted by Gasteiger charge is -2.00. The van der Waals surface area contributed by atoms with E-state index in [0.717, 1.165) is 12.8 Å². The Morgan fingerprint density at radius 2 is 2.18 bits per heavy atom. The monoisotopic (exact) mass is 168 g/mol.